The molecule has 4 atom stereocenters. The van der Waals surface area contributed by atoms with Gasteiger partial charge in [-0.25, -0.2) is 4.90 Å². The van der Waals surface area contributed by atoms with Gasteiger partial charge >= 0.3 is 0 Å². The van der Waals surface area contributed by atoms with Gasteiger partial charge in [-0.1, -0.05) is 41.9 Å². The van der Waals surface area contributed by atoms with Crippen molar-refractivity contribution >= 4 is 41.0 Å². The Balaban J connectivity index is 1.51. The van der Waals surface area contributed by atoms with E-state index in [-0.39, 0.29) is 17.5 Å². The van der Waals surface area contributed by atoms with Gasteiger partial charge in [0.25, 0.3) is 0 Å². The topological polar surface area (TPSA) is 70.8 Å². The van der Waals surface area contributed by atoms with E-state index in [1.165, 1.54) is 11.2 Å². The van der Waals surface area contributed by atoms with Crippen LogP contribution in [-0.4, -0.2) is 28.5 Å². The highest BCUT2D eigenvalue weighted by Crippen LogP contribution is 2.53. The average molecular weight is 445 g/mol. The Bertz CT molecular complexity index is 1300. The zero-order valence-electron chi connectivity index (χ0n) is 16.7. The molecular formula is C25H17ClN2O4. The van der Waals surface area contributed by atoms with E-state index in [0.29, 0.717) is 10.7 Å². The molecule has 0 spiro atoms. The van der Waals surface area contributed by atoms with Crippen LogP contribution in [0.2, 0.25) is 5.02 Å². The summed E-state index contributed by atoms with van der Waals surface area (Å²) in [6, 6.07) is 16.4. The minimum Gasteiger partial charge on any atom is -0.461 e. The molecule has 3 aliphatic rings. The molecule has 0 bridgehead atoms. The van der Waals surface area contributed by atoms with Gasteiger partial charge in [-0.15, -0.1) is 0 Å². The van der Waals surface area contributed by atoms with Crippen molar-refractivity contribution in [3.8, 4) is 0 Å². The number of imide groups is 1. The van der Waals surface area contributed by atoms with Gasteiger partial charge in [-0.05, 0) is 47.5 Å². The lowest BCUT2D eigenvalue weighted by Crippen LogP contribution is -2.44. The number of halogens is 1. The lowest BCUT2D eigenvalue weighted by Gasteiger charge is -2.35. The summed E-state index contributed by atoms with van der Waals surface area (Å²) < 4.78 is 5.37. The van der Waals surface area contributed by atoms with E-state index < -0.39 is 29.8 Å². The second-order valence-corrected chi connectivity index (χ2v) is 8.60. The molecule has 0 unspecified atom stereocenters. The van der Waals surface area contributed by atoms with Crippen LogP contribution >= 0.6 is 11.6 Å². The maximum absolute atomic E-state index is 13.7. The van der Waals surface area contributed by atoms with Crippen LogP contribution in [0.3, 0.4) is 0 Å². The largest absolute Gasteiger partial charge is 0.461 e. The molecule has 6 nitrogen and oxygen atoms in total. The average Bonchev–Trinajstić information content (AvgIpc) is 3.50. The SMILES string of the molecule is O=C(c1ccco1)[C@@H]1[C@@H]2C(=O)N(c3cccc(Cl)c3)C(=O)[C@H]2[C@@H]2c3ccccc3C=CN12. The Labute approximate surface area is 188 Å². The lowest BCUT2D eigenvalue weighted by molar-refractivity contribution is -0.123. The van der Waals surface area contributed by atoms with Gasteiger partial charge in [0, 0.05) is 11.2 Å². The number of carbonyl (C=O) groups is 3. The summed E-state index contributed by atoms with van der Waals surface area (Å²) in [5.74, 6) is -2.39. The van der Waals surface area contributed by atoms with Gasteiger partial charge in [0.15, 0.2) is 5.76 Å². The Hall–Kier alpha value is -3.64. The third-order valence-electron chi connectivity index (χ3n) is 6.56. The Morgan fingerprint density at radius 1 is 0.938 bits per heavy atom. The number of hydrogen-bond acceptors (Lipinski definition) is 5. The van der Waals surface area contributed by atoms with Crippen LogP contribution in [0.25, 0.3) is 6.08 Å². The second-order valence-electron chi connectivity index (χ2n) is 8.17. The quantitative estimate of drug-likeness (QED) is 0.444. The molecule has 1 aromatic heterocycles. The van der Waals surface area contributed by atoms with Crippen molar-refractivity contribution in [2.24, 2.45) is 11.8 Å². The number of fused-ring (bicyclic) bond motifs is 5. The normalized spacial score (nSPS) is 25.7. The Morgan fingerprint density at radius 3 is 2.53 bits per heavy atom. The molecule has 158 valence electrons. The number of furan rings is 1. The molecule has 2 amide bonds. The molecule has 6 rings (SSSR count). The number of rotatable bonds is 3. The summed E-state index contributed by atoms with van der Waals surface area (Å²) >= 11 is 6.13. The molecule has 0 N–H and O–H groups in total. The Kier molecular flexibility index (Phi) is 4.13. The van der Waals surface area contributed by atoms with Crippen LogP contribution in [0.5, 0.6) is 0 Å². The molecule has 0 saturated carbocycles. The first-order valence-electron chi connectivity index (χ1n) is 10.3. The predicted molar refractivity (Wildman–Crippen MR) is 118 cm³/mol. The summed E-state index contributed by atoms with van der Waals surface area (Å²) in [6.07, 6.45) is 5.17. The number of benzene rings is 2. The van der Waals surface area contributed by atoms with Crippen molar-refractivity contribution in [3.05, 3.63) is 95.0 Å². The first kappa shape index (κ1) is 19.1. The van der Waals surface area contributed by atoms with Crippen molar-refractivity contribution in [2.45, 2.75) is 12.1 Å². The van der Waals surface area contributed by atoms with Gasteiger partial charge in [0.1, 0.15) is 6.04 Å². The van der Waals surface area contributed by atoms with Crippen LogP contribution < -0.4 is 4.90 Å². The second kappa shape index (κ2) is 6.93. The van der Waals surface area contributed by atoms with E-state index in [1.54, 1.807) is 36.4 Å². The summed E-state index contributed by atoms with van der Waals surface area (Å²) in [5, 5.41) is 0.427. The van der Waals surface area contributed by atoms with Crippen molar-refractivity contribution in [1.82, 2.24) is 4.90 Å². The zero-order chi connectivity index (χ0) is 22.0. The fourth-order valence-corrected chi connectivity index (χ4v) is 5.48. The third-order valence-corrected chi connectivity index (χ3v) is 6.80. The number of carbonyl (C=O) groups excluding carboxylic acids is 3. The lowest BCUT2D eigenvalue weighted by atomic mass is 9.84. The summed E-state index contributed by atoms with van der Waals surface area (Å²) in [6.45, 7) is 0. The van der Waals surface area contributed by atoms with Crippen molar-refractivity contribution in [1.29, 1.82) is 0 Å². The van der Waals surface area contributed by atoms with Crippen LogP contribution in [0, 0.1) is 11.8 Å². The van der Waals surface area contributed by atoms with Crippen molar-refractivity contribution in [2.75, 3.05) is 4.90 Å². The first-order valence-corrected chi connectivity index (χ1v) is 10.7. The monoisotopic (exact) mass is 444 g/mol. The smallest absolute Gasteiger partial charge is 0.240 e. The number of amides is 2. The van der Waals surface area contributed by atoms with E-state index in [0.717, 1.165) is 11.1 Å². The summed E-state index contributed by atoms with van der Waals surface area (Å²) in [4.78, 5) is 43.9. The molecule has 2 saturated heterocycles. The summed E-state index contributed by atoms with van der Waals surface area (Å²) in [5.41, 5.74) is 2.31. The van der Waals surface area contributed by atoms with Crippen LogP contribution in [0.15, 0.2) is 77.5 Å². The van der Waals surface area contributed by atoms with E-state index in [9.17, 15) is 14.4 Å². The van der Waals surface area contributed by atoms with Gasteiger partial charge in [-0.2, -0.15) is 0 Å². The maximum Gasteiger partial charge on any atom is 0.240 e. The van der Waals surface area contributed by atoms with Crippen LogP contribution in [0.1, 0.15) is 27.7 Å². The zero-order valence-corrected chi connectivity index (χ0v) is 17.5. The number of ketones is 1. The van der Waals surface area contributed by atoms with E-state index >= 15 is 0 Å². The molecule has 3 aromatic rings. The number of anilines is 1. The molecule has 0 aliphatic carbocycles. The van der Waals surface area contributed by atoms with Crippen LogP contribution in [-0.2, 0) is 9.59 Å². The van der Waals surface area contributed by atoms with Gasteiger partial charge < -0.3 is 9.32 Å². The minimum absolute atomic E-state index is 0.170. The van der Waals surface area contributed by atoms with Crippen molar-refractivity contribution in [3.63, 3.8) is 0 Å². The number of nitrogens with zero attached hydrogens (tertiary/aromatic N) is 2. The fraction of sp³-hybridized carbons (Fsp3) is 0.160. The molecular weight excluding hydrogens is 428 g/mol. The molecule has 3 aliphatic heterocycles. The third kappa shape index (κ3) is 2.56. The minimum atomic E-state index is -0.846. The van der Waals surface area contributed by atoms with Crippen molar-refractivity contribution < 1.29 is 18.8 Å². The predicted octanol–water partition coefficient (Wildman–Crippen LogP) is 4.33. The summed E-state index contributed by atoms with van der Waals surface area (Å²) in [7, 11) is 0. The maximum atomic E-state index is 13.7. The van der Waals surface area contributed by atoms with Crippen LogP contribution in [0.4, 0.5) is 5.69 Å². The first-order chi connectivity index (χ1) is 15.6. The molecule has 32 heavy (non-hydrogen) atoms. The highest BCUT2D eigenvalue weighted by molar-refractivity contribution is 6.31. The Morgan fingerprint density at radius 2 is 1.75 bits per heavy atom. The molecule has 7 heteroatoms. The number of Topliss-reactive ketones (excluding diaryl/α,β-unsaturated/α-hetero) is 1. The van der Waals surface area contributed by atoms with Gasteiger partial charge in [0.2, 0.25) is 17.6 Å². The number of hydrogen-bond donors (Lipinski definition) is 0. The standard InChI is InChI=1S/C25H17ClN2O4/c26-15-6-3-7-16(13-15)28-24(30)19-20(25(28)31)22(23(29)18-9-4-12-32-18)27-11-10-14-5-1-2-8-17(14)21(19)27/h1-13,19-22H/t19-,20-,21+,22+/m1/s1. The fourth-order valence-electron chi connectivity index (χ4n) is 5.29. The molecule has 4 heterocycles. The van der Waals surface area contributed by atoms with Gasteiger partial charge in [0.05, 0.1) is 29.8 Å². The molecule has 2 aromatic carbocycles. The molecule has 2 fully saturated rings. The highest BCUT2D eigenvalue weighted by Gasteiger charge is 2.64. The van der Waals surface area contributed by atoms with E-state index in [1.807, 2.05) is 41.4 Å². The molecule has 0 radical (unpaired) electrons. The highest BCUT2D eigenvalue weighted by atomic mass is 35.5. The van der Waals surface area contributed by atoms with E-state index in [4.69, 9.17) is 16.0 Å². The van der Waals surface area contributed by atoms with Gasteiger partial charge in [-0.3, -0.25) is 14.4 Å². The van der Waals surface area contributed by atoms with E-state index in [2.05, 4.69) is 0 Å².